The number of amides is 1. The number of carbonyl (C=O) groups is 1. The molecule has 0 unspecified atom stereocenters. The number of hydrogen-bond donors (Lipinski definition) is 1. The minimum Gasteiger partial charge on any atom is -0.326 e. The molecule has 23 heavy (non-hydrogen) atoms. The summed E-state index contributed by atoms with van der Waals surface area (Å²) >= 11 is 0. The number of carbonyl (C=O) groups excluding carboxylic acids is 1. The molecule has 3 aromatic rings. The standard InChI is InChI=1S/C21H19NO/c1-15-6-5-9-21(22-16(2)23)20(15)13-11-17-10-12-18-7-3-4-8-19(18)14-17/h3-14H,1-2H3,(H,22,23)/b13-11+. The fourth-order valence-corrected chi connectivity index (χ4v) is 2.69. The highest BCUT2D eigenvalue weighted by Gasteiger charge is 2.04. The van der Waals surface area contributed by atoms with Gasteiger partial charge >= 0.3 is 0 Å². The first-order valence-electron chi connectivity index (χ1n) is 7.67. The van der Waals surface area contributed by atoms with Crippen LogP contribution in [0.15, 0.2) is 60.7 Å². The van der Waals surface area contributed by atoms with E-state index in [2.05, 4.69) is 47.8 Å². The van der Waals surface area contributed by atoms with Crippen LogP contribution in [0, 0.1) is 6.92 Å². The molecule has 0 aromatic heterocycles. The number of benzene rings is 3. The van der Waals surface area contributed by atoms with Crippen molar-refractivity contribution in [3.63, 3.8) is 0 Å². The lowest BCUT2D eigenvalue weighted by Gasteiger charge is -2.09. The summed E-state index contributed by atoms with van der Waals surface area (Å²) < 4.78 is 0. The van der Waals surface area contributed by atoms with E-state index in [9.17, 15) is 4.79 Å². The van der Waals surface area contributed by atoms with Gasteiger partial charge in [-0.1, -0.05) is 60.7 Å². The highest BCUT2D eigenvalue weighted by atomic mass is 16.1. The second-order valence-corrected chi connectivity index (χ2v) is 5.66. The zero-order valence-corrected chi connectivity index (χ0v) is 13.3. The highest BCUT2D eigenvalue weighted by molar-refractivity contribution is 5.93. The van der Waals surface area contributed by atoms with Crippen LogP contribution in [0.5, 0.6) is 0 Å². The van der Waals surface area contributed by atoms with Gasteiger partial charge in [0.15, 0.2) is 0 Å². The van der Waals surface area contributed by atoms with Gasteiger partial charge < -0.3 is 5.32 Å². The second-order valence-electron chi connectivity index (χ2n) is 5.66. The molecule has 0 fully saturated rings. The molecule has 0 aliphatic rings. The summed E-state index contributed by atoms with van der Waals surface area (Å²) in [6.07, 6.45) is 4.14. The fourth-order valence-electron chi connectivity index (χ4n) is 2.69. The van der Waals surface area contributed by atoms with Crippen LogP contribution < -0.4 is 5.32 Å². The van der Waals surface area contributed by atoms with E-state index in [1.807, 2.05) is 37.3 Å². The highest BCUT2D eigenvalue weighted by Crippen LogP contribution is 2.23. The van der Waals surface area contributed by atoms with Gasteiger partial charge in [0, 0.05) is 18.2 Å². The third-order valence-electron chi connectivity index (χ3n) is 3.85. The van der Waals surface area contributed by atoms with E-state index < -0.39 is 0 Å². The van der Waals surface area contributed by atoms with Crippen molar-refractivity contribution >= 4 is 34.5 Å². The summed E-state index contributed by atoms with van der Waals surface area (Å²) in [5.74, 6) is -0.0593. The number of hydrogen-bond acceptors (Lipinski definition) is 1. The summed E-state index contributed by atoms with van der Waals surface area (Å²) in [5, 5.41) is 5.35. The molecule has 3 rings (SSSR count). The molecular weight excluding hydrogens is 282 g/mol. The van der Waals surface area contributed by atoms with Gasteiger partial charge in [-0.2, -0.15) is 0 Å². The molecule has 2 nitrogen and oxygen atoms in total. The van der Waals surface area contributed by atoms with E-state index in [-0.39, 0.29) is 5.91 Å². The maximum absolute atomic E-state index is 11.4. The molecule has 0 saturated carbocycles. The molecule has 0 spiro atoms. The lowest BCUT2D eigenvalue weighted by Crippen LogP contribution is -2.07. The van der Waals surface area contributed by atoms with Gasteiger partial charge in [0.05, 0.1) is 0 Å². The van der Waals surface area contributed by atoms with Gasteiger partial charge in [0.25, 0.3) is 0 Å². The summed E-state index contributed by atoms with van der Waals surface area (Å²) in [4.78, 5) is 11.4. The van der Waals surface area contributed by atoms with Crippen molar-refractivity contribution in [3.05, 3.63) is 77.4 Å². The van der Waals surface area contributed by atoms with Gasteiger partial charge in [0.2, 0.25) is 5.91 Å². The molecule has 0 bridgehead atoms. The maximum atomic E-state index is 11.4. The van der Waals surface area contributed by atoms with Crippen molar-refractivity contribution in [1.29, 1.82) is 0 Å². The summed E-state index contributed by atoms with van der Waals surface area (Å²) in [6, 6.07) is 20.6. The first kappa shape index (κ1) is 15.0. The third kappa shape index (κ3) is 3.49. The molecule has 0 heterocycles. The molecule has 0 saturated heterocycles. The van der Waals surface area contributed by atoms with E-state index >= 15 is 0 Å². The molecular formula is C21H19NO. The quantitative estimate of drug-likeness (QED) is 0.655. The Kier molecular flexibility index (Phi) is 4.24. The molecule has 2 heteroatoms. The van der Waals surface area contributed by atoms with Crippen LogP contribution in [0.25, 0.3) is 22.9 Å². The number of aryl methyl sites for hydroxylation is 1. The molecule has 1 N–H and O–H groups in total. The lowest BCUT2D eigenvalue weighted by atomic mass is 10.0. The van der Waals surface area contributed by atoms with Crippen molar-refractivity contribution in [2.75, 3.05) is 5.32 Å². The first-order chi connectivity index (χ1) is 11.1. The number of rotatable bonds is 3. The summed E-state index contributed by atoms with van der Waals surface area (Å²) in [6.45, 7) is 3.57. The van der Waals surface area contributed by atoms with E-state index in [0.29, 0.717) is 0 Å². The largest absolute Gasteiger partial charge is 0.326 e. The van der Waals surface area contributed by atoms with Crippen molar-refractivity contribution in [2.45, 2.75) is 13.8 Å². The average Bonchev–Trinajstić information content (AvgIpc) is 2.53. The second kappa shape index (κ2) is 6.49. The van der Waals surface area contributed by atoms with Crippen molar-refractivity contribution < 1.29 is 4.79 Å². The van der Waals surface area contributed by atoms with Gasteiger partial charge in [-0.3, -0.25) is 4.79 Å². The Bertz CT molecular complexity index is 893. The lowest BCUT2D eigenvalue weighted by molar-refractivity contribution is -0.114. The van der Waals surface area contributed by atoms with Crippen LogP contribution in [0.2, 0.25) is 0 Å². The smallest absolute Gasteiger partial charge is 0.221 e. The van der Waals surface area contributed by atoms with Crippen LogP contribution >= 0.6 is 0 Å². The van der Waals surface area contributed by atoms with E-state index in [1.165, 1.54) is 17.7 Å². The first-order valence-corrected chi connectivity index (χ1v) is 7.67. The van der Waals surface area contributed by atoms with Crippen molar-refractivity contribution in [2.24, 2.45) is 0 Å². The van der Waals surface area contributed by atoms with Crippen LogP contribution in [0.4, 0.5) is 5.69 Å². The molecule has 114 valence electrons. The number of anilines is 1. The minimum absolute atomic E-state index is 0.0593. The number of fused-ring (bicyclic) bond motifs is 1. The molecule has 0 aliphatic heterocycles. The van der Waals surface area contributed by atoms with E-state index in [4.69, 9.17) is 0 Å². The van der Waals surface area contributed by atoms with Gasteiger partial charge in [-0.15, -0.1) is 0 Å². The Balaban J connectivity index is 1.96. The molecule has 3 aromatic carbocycles. The normalized spacial score (nSPS) is 11.0. The molecule has 1 amide bonds. The van der Waals surface area contributed by atoms with Crippen LogP contribution in [0.1, 0.15) is 23.6 Å². The zero-order valence-electron chi connectivity index (χ0n) is 13.3. The topological polar surface area (TPSA) is 29.1 Å². The Morgan fingerprint density at radius 2 is 1.70 bits per heavy atom. The van der Waals surface area contributed by atoms with E-state index in [0.717, 1.165) is 22.4 Å². The van der Waals surface area contributed by atoms with Crippen LogP contribution in [-0.4, -0.2) is 5.91 Å². The van der Waals surface area contributed by atoms with Gasteiger partial charge in [-0.05, 0) is 41.0 Å². The Morgan fingerprint density at radius 1 is 0.913 bits per heavy atom. The van der Waals surface area contributed by atoms with Crippen molar-refractivity contribution in [1.82, 2.24) is 0 Å². The predicted octanol–water partition coefficient (Wildman–Crippen LogP) is 5.28. The van der Waals surface area contributed by atoms with Gasteiger partial charge in [0.1, 0.15) is 0 Å². The molecule has 0 radical (unpaired) electrons. The Hall–Kier alpha value is -2.87. The van der Waals surface area contributed by atoms with Crippen LogP contribution in [-0.2, 0) is 4.79 Å². The predicted molar refractivity (Wildman–Crippen MR) is 98.4 cm³/mol. The van der Waals surface area contributed by atoms with Gasteiger partial charge in [-0.25, -0.2) is 0 Å². The maximum Gasteiger partial charge on any atom is 0.221 e. The Morgan fingerprint density at radius 3 is 2.48 bits per heavy atom. The summed E-state index contributed by atoms with van der Waals surface area (Å²) in [5.41, 5.74) is 4.15. The van der Waals surface area contributed by atoms with E-state index in [1.54, 1.807) is 0 Å². The molecule has 0 atom stereocenters. The molecule has 0 aliphatic carbocycles. The third-order valence-corrected chi connectivity index (χ3v) is 3.85. The Labute approximate surface area is 136 Å². The fraction of sp³-hybridized carbons (Fsp3) is 0.0952. The van der Waals surface area contributed by atoms with Crippen molar-refractivity contribution in [3.8, 4) is 0 Å². The minimum atomic E-state index is -0.0593. The SMILES string of the molecule is CC(=O)Nc1cccc(C)c1/C=C/c1ccc2ccccc2c1. The average molecular weight is 301 g/mol. The summed E-state index contributed by atoms with van der Waals surface area (Å²) in [7, 11) is 0. The zero-order chi connectivity index (χ0) is 16.2. The number of nitrogens with one attached hydrogen (secondary N) is 1. The van der Waals surface area contributed by atoms with Crippen LogP contribution in [0.3, 0.4) is 0 Å². The monoisotopic (exact) mass is 301 g/mol.